The number of methoxy groups -OCH3 is 2. The summed E-state index contributed by atoms with van der Waals surface area (Å²) in [5.74, 6) is -0.0195. The van der Waals surface area contributed by atoms with E-state index in [1.54, 1.807) is 12.1 Å². The van der Waals surface area contributed by atoms with Crippen LogP contribution in [0.25, 0.3) is 0 Å². The molecule has 0 aliphatic heterocycles. The highest BCUT2D eigenvalue weighted by Gasteiger charge is 2.14. The molecule has 0 atom stereocenters. The lowest BCUT2D eigenvalue weighted by atomic mass is 10.1. The maximum absolute atomic E-state index is 12.3. The number of para-hydroxylation sites is 1. The number of esters is 1. The Morgan fingerprint density at radius 2 is 1.85 bits per heavy atom. The van der Waals surface area contributed by atoms with Gasteiger partial charge in [-0.15, -0.1) is 0 Å². The van der Waals surface area contributed by atoms with Gasteiger partial charge in [0.25, 0.3) is 5.91 Å². The van der Waals surface area contributed by atoms with Crippen molar-refractivity contribution in [2.75, 3.05) is 26.1 Å². The molecule has 0 saturated carbocycles. The molecule has 6 heteroatoms. The number of carbonyl (C=O) groups is 2. The smallest absolute Gasteiger partial charge is 0.337 e. The van der Waals surface area contributed by atoms with Crippen LogP contribution < -0.4 is 14.8 Å². The van der Waals surface area contributed by atoms with Gasteiger partial charge in [-0.05, 0) is 42.7 Å². The van der Waals surface area contributed by atoms with E-state index in [2.05, 4.69) is 10.1 Å². The molecule has 2 aromatic rings. The highest BCUT2D eigenvalue weighted by atomic mass is 16.5. The summed E-state index contributed by atoms with van der Waals surface area (Å²) in [6, 6.07) is 10.5. The van der Waals surface area contributed by atoms with E-state index < -0.39 is 5.97 Å². The van der Waals surface area contributed by atoms with Crippen LogP contribution in [0.1, 0.15) is 28.4 Å². The predicted octanol–water partition coefficient (Wildman–Crippen LogP) is 3.37. The number of amides is 1. The van der Waals surface area contributed by atoms with Crippen molar-refractivity contribution in [2.24, 2.45) is 0 Å². The summed E-state index contributed by atoms with van der Waals surface area (Å²) in [5, 5.41) is 2.90. The minimum atomic E-state index is -0.473. The van der Waals surface area contributed by atoms with Crippen LogP contribution in [0.2, 0.25) is 0 Å². The topological polar surface area (TPSA) is 73.9 Å². The van der Waals surface area contributed by atoms with E-state index in [-0.39, 0.29) is 12.5 Å². The molecule has 0 heterocycles. The maximum atomic E-state index is 12.3. The minimum Gasteiger partial charge on any atom is -0.493 e. The Bertz CT molecular complexity index is 801. The van der Waals surface area contributed by atoms with E-state index in [4.69, 9.17) is 9.47 Å². The summed E-state index contributed by atoms with van der Waals surface area (Å²) >= 11 is 0. The van der Waals surface area contributed by atoms with Crippen molar-refractivity contribution in [1.82, 2.24) is 0 Å². The van der Waals surface area contributed by atoms with Crippen LogP contribution in [-0.2, 0) is 16.0 Å². The fourth-order valence-corrected chi connectivity index (χ4v) is 2.55. The Balaban J connectivity index is 2.07. The average molecular weight is 357 g/mol. The first kappa shape index (κ1) is 19.3. The van der Waals surface area contributed by atoms with Crippen molar-refractivity contribution in [3.63, 3.8) is 0 Å². The third-order valence-electron chi connectivity index (χ3n) is 3.95. The largest absolute Gasteiger partial charge is 0.493 e. The number of rotatable bonds is 7. The number of hydrogen-bond donors (Lipinski definition) is 1. The zero-order chi connectivity index (χ0) is 19.1. The Labute approximate surface area is 153 Å². The molecule has 0 fully saturated rings. The van der Waals surface area contributed by atoms with Crippen LogP contribution in [0.15, 0.2) is 36.4 Å². The number of ether oxygens (including phenoxy) is 3. The van der Waals surface area contributed by atoms with Gasteiger partial charge in [0.2, 0.25) is 0 Å². The van der Waals surface area contributed by atoms with Crippen LogP contribution >= 0.6 is 0 Å². The number of hydrogen-bond acceptors (Lipinski definition) is 5. The molecule has 138 valence electrons. The zero-order valence-electron chi connectivity index (χ0n) is 15.4. The Morgan fingerprint density at radius 3 is 2.50 bits per heavy atom. The van der Waals surface area contributed by atoms with Crippen LogP contribution in [0.4, 0.5) is 5.69 Å². The highest BCUT2D eigenvalue weighted by molar-refractivity contribution is 5.93. The van der Waals surface area contributed by atoms with Gasteiger partial charge in [0.05, 0.1) is 19.8 Å². The second-order valence-electron chi connectivity index (χ2n) is 5.66. The molecular formula is C20H23NO5. The molecule has 1 amide bonds. The molecule has 0 saturated heterocycles. The van der Waals surface area contributed by atoms with Crippen molar-refractivity contribution >= 4 is 17.6 Å². The maximum Gasteiger partial charge on any atom is 0.337 e. The summed E-state index contributed by atoms with van der Waals surface area (Å²) in [6.07, 6.45) is 0.820. The first-order chi connectivity index (χ1) is 12.5. The van der Waals surface area contributed by atoms with E-state index in [1.165, 1.54) is 20.3 Å². The van der Waals surface area contributed by atoms with Gasteiger partial charge in [0, 0.05) is 5.69 Å². The van der Waals surface area contributed by atoms with Crippen LogP contribution in [-0.4, -0.2) is 32.7 Å². The van der Waals surface area contributed by atoms with Crippen molar-refractivity contribution in [2.45, 2.75) is 20.3 Å². The number of benzene rings is 2. The minimum absolute atomic E-state index is 0.175. The van der Waals surface area contributed by atoms with Gasteiger partial charge in [0.15, 0.2) is 18.1 Å². The van der Waals surface area contributed by atoms with Gasteiger partial charge in [-0.25, -0.2) is 4.79 Å². The second-order valence-corrected chi connectivity index (χ2v) is 5.66. The van der Waals surface area contributed by atoms with Crippen LogP contribution in [0.3, 0.4) is 0 Å². The first-order valence-corrected chi connectivity index (χ1v) is 8.27. The third-order valence-corrected chi connectivity index (χ3v) is 3.95. The average Bonchev–Trinajstić information content (AvgIpc) is 2.67. The lowest BCUT2D eigenvalue weighted by molar-refractivity contribution is -0.118. The fourth-order valence-electron chi connectivity index (χ4n) is 2.55. The van der Waals surface area contributed by atoms with E-state index in [0.717, 1.165) is 23.2 Å². The highest BCUT2D eigenvalue weighted by Crippen LogP contribution is 2.28. The first-order valence-electron chi connectivity index (χ1n) is 8.27. The predicted molar refractivity (Wildman–Crippen MR) is 99.0 cm³/mol. The summed E-state index contributed by atoms with van der Waals surface area (Å²) < 4.78 is 15.5. The van der Waals surface area contributed by atoms with Crippen LogP contribution in [0.5, 0.6) is 11.5 Å². The molecule has 6 nitrogen and oxygen atoms in total. The van der Waals surface area contributed by atoms with Crippen LogP contribution in [0, 0.1) is 6.92 Å². The molecule has 1 N–H and O–H groups in total. The van der Waals surface area contributed by atoms with Gasteiger partial charge in [-0.2, -0.15) is 0 Å². The number of aryl methyl sites for hydroxylation is 2. The molecule has 0 aliphatic carbocycles. The van der Waals surface area contributed by atoms with E-state index in [9.17, 15) is 9.59 Å². The zero-order valence-corrected chi connectivity index (χ0v) is 15.4. The molecule has 0 unspecified atom stereocenters. The van der Waals surface area contributed by atoms with Gasteiger partial charge in [-0.3, -0.25) is 4.79 Å². The summed E-state index contributed by atoms with van der Waals surface area (Å²) in [6.45, 7) is 3.81. The summed E-state index contributed by atoms with van der Waals surface area (Å²) in [4.78, 5) is 23.8. The van der Waals surface area contributed by atoms with Gasteiger partial charge < -0.3 is 19.5 Å². The SMILES string of the molecule is CCc1cccc(C)c1NC(=O)COc1ccc(C(=O)OC)cc1OC. The monoisotopic (exact) mass is 357 g/mol. The lowest BCUT2D eigenvalue weighted by Gasteiger charge is -2.14. The molecule has 0 aliphatic rings. The molecule has 0 aromatic heterocycles. The van der Waals surface area contributed by atoms with E-state index >= 15 is 0 Å². The van der Waals surface area contributed by atoms with Gasteiger partial charge in [0.1, 0.15) is 0 Å². The van der Waals surface area contributed by atoms with E-state index in [1.807, 2.05) is 32.0 Å². The molecule has 0 bridgehead atoms. The van der Waals surface area contributed by atoms with E-state index in [0.29, 0.717) is 17.1 Å². The van der Waals surface area contributed by atoms with Gasteiger partial charge >= 0.3 is 5.97 Å². The molecule has 2 rings (SSSR count). The van der Waals surface area contributed by atoms with Crippen molar-refractivity contribution in [3.05, 3.63) is 53.1 Å². The fraction of sp³-hybridized carbons (Fsp3) is 0.300. The van der Waals surface area contributed by atoms with Crippen molar-refractivity contribution in [3.8, 4) is 11.5 Å². The molecule has 0 spiro atoms. The lowest BCUT2D eigenvalue weighted by Crippen LogP contribution is -2.21. The van der Waals surface area contributed by atoms with Crippen molar-refractivity contribution in [1.29, 1.82) is 0 Å². The number of anilines is 1. The normalized spacial score (nSPS) is 10.2. The van der Waals surface area contributed by atoms with Gasteiger partial charge in [-0.1, -0.05) is 25.1 Å². The molecule has 0 radical (unpaired) electrons. The summed E-state index contributed by atoms with van der Waals surface area (Å²) in [5.41, 5.74) is 3.22. The number of nitrogens with one attached hydrogen (secondary N) is 1. The second kappa shape index (κ2) is 8.89. The number of carbonyl (C=O) groups excluding carboxylic acids is 2. The quantitative estimate of drug-likeness (QED) is 0.769. The third kappa shape index (κ3) is 4.53. The summed E-state index contributed by atoms with van der Waals surface area (Å²) in [7, 11) is 2.77. The Kier molecular flexibility index (Phi) is 6.60. The Hall–Kier alpha value is -3.02. The molecule has 26 heavy (non-hydrogen) atoms. The molecular weight excluding hydrogens is 334 g/mol. The standard InChI is InChI=1S/C20H23NO5/c1-5-14-8-6-7-13(2)19(14)21-18(22)12-26-16-10-9-15(20(23)25-4)11-17(16)24-3/h6-11H,5,12H2,1-4H3,(H,21,22). The molecule has 2 aromatic carbocycles. The van der Waals surface area contributed by atoms with Crippen molar-refractivity contribution < 1.29 is 23.8 Å². The Morgan fingerprint density at radius 1 is 1.08 bits per heavy atom.